The van der Waals surface area contributed by atoms with Crippen LogP contribution >= 0.6 is 0 Å². The van der Waals surface area contributed by atoms with Crippen LogP contribution in [-0.2, 0) is 0 Å². The summed E-state index contributed by atoms with van der Waals surface area (Å²) in [6.07, 6.45) is 4.96. The van der Waals surface area contributed by atoms with E-state index < -0.39 is 11.5 Å². The van der Waals surface area contributed by atoms with Gasteiger partial charge in [-0.3, -0.25) is 4.98 Å². The van der Waals surface area contributed by atoms with Crippen molar-refractivity contribution in [1.82, 2.24) is 24.6 Å². The summed E-state index contributed by atoms with van der Waals surface area (Å²) in [7, 11) is 0. The second-order valence-corrected chi connectivity index (χ2v) is 7.98. The normalized spacial score (nSPS) is 14.5. The zero-order chi connectivity index (χ0) is 22.6. The number of pyridine rings is 1. The molecule has 0 spiro atoms. The van der Waals surface area contributed by atoms with Gasteiger partial charge in [0.25, 0.3) is 0 Å². The molecule has 8 nitrogen and oxygen atoms in total. The van der Waals surface area contributed by atoms with Gasteiger partial charge in [-0.05, 0) is 29.8 Å². The molecule has 1 aliphatic heterocycles. The Morgan fingerprint density at radius 1 is 0.882 bits per heavy atom. The van der Waals surface area contributed by atoms with Crippen LogP contribution in [0.4, 0.5) is 0 Å². The molecule has 4 aromatic heterocycles. The average molecular weight is 445 g/mol. The molecule has 8 heteroatoms. The molecule has 0 bridgehead atoms. The van der Waals surface area contributed by atoms with E-state index >= 15 is 0 Å². The predicted molar refractivity (Wildman–Crippen MR) is 124 cm³/mol. The van der Waals surface area contributed by atoms with Gasteiger partial charge in [-0.25, -0.2) is 19.3 Å². The predicted octanol–water partition coefficient (Wildman–Crippen LogP) is 4.58. The maximum absolute atomic E-state index is 13.3. The Balaban J connectivity index is 1.56. The molecule has 0 saturated carbocycles. The van der Waals surface area contributed by atoms with Crippen LogP contribution in [-0.4, -0.2) is 24.6 Å². The minimum Gasteiger partial charge on any atom is -0.437 e. The topological polar surface area (TPSA) is 95.4 Å². The van der Waals surface area contributed by atoms with Crippen molar-refractivity contribution in [2.24, 2.45) is 0 Å². The molecule has 6 aromatic rings. The first-order valence-electron chi connectivity index (χ1n) is 10.7. The van der Waals surface area contributed by atoms with E-state index in [0.717, 1.165) is 11.1 Å². The molecule has 162 valence electrons. The molecule has 1 atom stereocenters. The summed E-state index contributed by atoms with van der Waals surface area (Å²) in [4.78, 5) is 26.8. The minimum atomic E-state index is -0.494. The van der Waals surface area contributed by atoms with Crippen LogP contribution in [0.25, 0.3) is 28.0 Å². The van der Waals surface area contributed by atoms with E-state index in [2.05, 4.69) is 15.1 Å². The number of rotatable bonds is 2. The number of para-hydroxylation sites is 1. The van der Waals surface area contributed by atoms with Crippen molar-refractivity contribution in [1.29, 1.82) is 0 Å². The number of ether oxygens (including phenoxy) is 1. The molecule has 1 aliphatic rings. The summed E-state index contributed by atoms with van der Waals surface area (Å²) in [5.74, 6) is 0.879. The van der Waals surface area contributed by atoms with Gasteiger partial charge in [-0.1, -0.05) is 42.5 Å². The lowest BCUT2D eigenvalue weighted by Crippen LogP contribution is -2.22. The van der Waals surface area contributed by atoms with Crippen molar-refractivity contribution < 1.29 is 9.15 Å². The fourth-order valence-electron chi connectivity index (χ4n) is 4.53. The summed E-state index contributed by atoms with van der Waals surface area (Å²) in [5.41, 5.74) is 3.38. The molecule has 0 radical (unpaired) electrons. The molecule has 1 unspecified atom stereocenters. The highest BCUT2D eigenvalue weighted by Gasteiger charge is 2.37. The van der Waals surface area contributed by atoms with Crippen LogP contribution in [0.5, 0.6) is 11.6 Å². The van der Waals surface area contributed by atoms with Gasteiger partial charge in [-0.15, -0.1) is 5.10 Å². The van der Waals surface area contributed by atoms with Crippen molar-refractivity contribution in [2.45, 2.75) is 5.92 Å². The molecule has 7 rings (SSSR count). The molecular weight excluding hydrogens is 430 g/mol. The van der Waals surface area contributed by atoms with Gasteiger partial charge in [0, 0.05) is 18.0 Å². The van der Waals surface area contributed by atoms with E-state index in [0.29, 0.717) is 45.2 Å². The number of hydrogen-bond donors (Lipinski definition) is 0. The van der Waals surface area contributed by atoms with Crippen LogP contribution in [0.2, 0.25) is 0 Å². The molecule has 5 heterocycles. The number of aromatic nitrogens is 5. The van der Waals surface area contributed by atoms with Gasteiger partial charge in [0.15, 0.2) is 17.2 Å². The third-order valence-corrected chi connectivity index (χ3v) is 6.03. The zero-order valence-electron chi connectivity index (χ0n) is 17.6. The summed E-state index contributed by atoms with van der Waals surface area (Å²) in [6, 6.07) is 20.8. The second-order valence-electron chi connectivity index (χ2n) is 7.98. The Morgan fingerprint density at radius 2 is 1.68 bits per heavy atom. The van der Waals surface area contributed by atoms with Crippen LogP contribution in [0, 0.1) is 0 Å². The molecule has 34 heavy (non-hydrogen) atoms. The fourth-order valence-corrected chi connectivity index (χ4v) is 4.53. The lowest BCUT2D eigenvalue weighted by atomic mass is 9.84. The number of nitrogens with zero attached hydrogens (tertiary/aromatic N) is 5. The summed E-state index contributed by atoms with van der Waals surface area (Å²) >= 11 is 0. The molecular formula is C26H15N5O3. The maximum Gasteiger partial charge on any atom is 0.344 e. The Labute approximate surface area is 192 Å². The number of fused-ring (bicyclic) bond motifs is 6. The van der Waals surface area contributed by atoms with Crippen LogP contribution in [0.1, 0.15) is 22.6 Å². The summed E-state index contributed by atoms with van der Waals surface area (Å²) in [5, 5.41) is 5.32. The van der Waals surface area contributed by atoms with E-state index in [1.54, 1.807) is 29.3 Å². The Bertz CT molecular complexity index is 1760. The number of benzene rings is 2. The first-order valence-corrected chi connectivity index (χ1v) is 10.7. The SMILES string of the molecule is O=c1oc2ccccc2c2c1C(c1ccccc1)c1c(ncn3nc(-c4ccncc4)nc13)O2. The lowest BCUT2D eigenvalue weighted by molar-refractivity contribution is 0.422. The van der Waals surface area contributed by atoms with Gasteiger partial charge in [0.2, 0.25) is 5.88 Å². The summed E-state index contributed by atoms with van der Waals surface area (Å²) in [6.45, 7) is 0. The van der Waals surface area contributed by atoms with Gasteiger partial charge in [0.05, 0.1) is 22.4 Å². The van der Waals surface area contributed by atoms with Crippen LogP contribution in [0.15, 0.2) is 94.7 Å². The maximum atomic E-state index is 13.3. The van der Waals surface area contributed by atoms with Crippen molar-refractivity contribution >= 4 is 16.6 Å². The quantitative estimate of drug-likeness (QED) is 0.360. The highest BCUT2D eigenvalue weighted by molar-refractivity contribution is 5.86. The van der Waals surface area contributed by atoms with Gasteiger partial charge in [-0.2, -0.15) is 0 Å². The minimum absolute atomic E-state index is 0.387. The molecule has 0 saturated heterocycles. The van der Waals surface area contributed by atoms with Crippen molar-refractivity contribution in [3.05, 3.63) is 113 Å². The molecule has 0 fully saturated rings. The Morgan fingerprint density at radius 3 is 2.53 bits per heavy atom. The second kappa shape index (κ2) is 7.08. The molecule has 2 aromatic carbocycles. The van der Waals surface area contributed by atoms with E-state index in [1.165, 1.54) is 0 Å². The van der Waals surface area contributed by atoms with Crippen molar-refractivity contribution in [3.8, 4) is 23.0 Å². The lowest BCUT2D eigenvalue weighted by Gasteiger charge is -2.27. The summed E-state index contributed by atoms with van der Waals surface area (Å²) < 4.78 is 13.6. The smallest absolute Gasteiger partial charge is 0.344 e. The van der Waals surface area contributed by atoms with E-state index in [1.807, 2.05) is 60.7 Å². The van der Waals surface area contributed by atoms with Crippen molar-refractivity contribution in [3.63, 3.8) is 0 Å². The molecule has 0 N–H and O–H groups in total. The third-order valence-electron chi connectivity index (χ3n) is 6.03. The van der Waals surface area contributed by atoms with Gasteiger partial charge in [0.1, 0.15) is 11.9 Å². The average Bonchev–Trinajstić information content (AvgIpc) is 3.33. The monoisotopic (exact) mass is 445 g/mol. The largest absolute Gasteiger partial charge is 0.437 e. The fraction of sp³-hybridized carbons (Fsp3) is 0.0385. The molecule has 0 amide bonds. The molecule has 0 aliphatic carbocycles. The highest BCUT2D eigenvalue weighted by atomic mass is 16.5. The Kier molecular flexibility index (Phi) is 3.89. The highest BCUT2D eigenvalue weighted by Crippen LogP contribution is 2.48. The third kappa shape index (κ3) is 2.69. The van der Waals surface area contributed by atoms with E-state index in [4.69, 9.17) is 14.1 Å². The first-order chi connectivity index (χ1) is 16.8. The van der Waals surface area contributed by atoms with Gasteiger partial charge >= 0.3 is 5.63 Å². The number of hydrogen-bond acceptors (Lipinski definition) is 7. The van der Waals surface area contributed by atoms with Crippen LogP contribution < -0.4 is 10.4 Å². The zero-order valence-corrected chi connectivity index (χ0v) is 17.6. The standard InChI is InChI=1S/C26H15N5O3/c32-26-20-19(15-6-2-1-3-7-15)21-24-29-23(16-10-12-27-13-11-16)30-31(24)14-28-25(21)34-22(20)17-8-4-5-9-18(17)33-26/h1-14,19H. The Hall–Kier alpha value is -4.85. The van der Waals surface area contributed by atoms with E-state index in [-0.39, 0.29) is 0 Å². The van der Waals surface area contributed by atoms with Crippen molar-refractivity contribution in [2.75, 3.05) is 0 Å². The van der Waals surface area contributed by atoms with E-state index in [9.17, 15) is 4.79 Å². The van der Waals surface area contributed by atoms with Gasteiger partial charge < -0.3 is 9.15 Å². The first kappa shape index (κ1) is 18.7. The van der Waals surface area contributed by atoms with Crippen LogP contribution in [0.3, 0.4) is 0 Å².